The number of amides is 2. The molecule has 0 unspecified atom stereocenters. The van der Waals surface area contributed by atoms with Crippen LogP contribution in [0.4, 0.5) is 5.69 Å². The van der Waals surface area contributed by atoms with Crippen molar-refractivity contribution in [3.8, 4) is 5.75 Å². The first-order chi connectivity index (χ1) is 16.4. The van der Waals surface area contributed by atoms with Gasteiger partial charge in [-0.3, -0.25) is 14.4 Å². The van der Waals surface area contributed by atoms with Crippen molar-refractivity contribution in [3.63, 3.8) is 0 Å². The Hall–Kier alpha value is -3.98. The summed E-state index contributed by atoms with van der Waals surface area (Å²) in [7, 11) is 3.63. The fourth-order valence-electron chi connectivity index (χ4n) is 3.73. The van der Waals surface area contributed by atoms with E-state index in [4.69, 9.17) is 4.74 Å². The number of ether oxygens (including phenoxy) is 1. The maximum absolute atomic E-state index is 12.7. The lowest BCUT2D eigenvalue weighted by Crippen LogP contribution is -2.47. The van der Waals surface area contributed by atoms with E-state index in [1.54, 1.807) is 31.4 Å². The van der Waals surface area contributed by atoms with Crippen molar-refractivity contribution in [1.29, 1.82) is 0 Å². The smallest absolute Gasteiger partial charge is 0.274 e. The number of likely N-dealkylation sites (N-methyl/N-ethyl adjacent to an activating group) is 1. The summed E-state index contributed by atoms with van der Waals surface area (Å²) in [6, 6.07) is 15.3. The normalized spacial score (nSPS) is 14.0. The Balaban J connectivity index is 1.42. The van der Waals surface area contributed by atoms with Gasteiger partial charge in [0.15, 0.2) is 0 Å². The molecule has 1 aromatic heterocycles. The molecule has 0 saturated carbocycles. The van der Waals surface area contributed by atoms with Gasteiger partial charge in [-0.1, -0.05) is 12.1 Å². The average Bonchev–Trinajstić information content (AvgIpc) is 2.84. The highest BCUT2D eigenvalue weighted by Crippen LogP contribution is 2.15. The second-order valence-electron chi connectivity index (χ2n) is 8.23. The number of H-pyrrole nitrogens is 1. The van der Waals surface area contributed by atoms with Crippen molar-refractivity contribution in [3.05, 3.63) is 87.6 Å². The Morgan fingerprint density at radius 1 is 1.03 bits per heavy atom. The van der Waals surface area contributed by atoms with Crippen LogP contribution in [-0.2, 0) is 6.42 Å². The van der Waals surface area contributed by atoms with E-state index in [-0.39, 0.29) is 11.6 Å². The van der Waals surface area contributed by atoms with E-state index >= 15 is 0 Å². The van der Waals surface area contributed by atoms with E-state index in [9.17, 15) is 14.4 Å². The standard InChI is InChI=1S/C25H27N5O4/c1-29-11-13-30(14-12-29)25(33)18-5-7-19(8-6-18)26-24(32)21-16-23(31)28-22(27-21)15-17-3-9-20(34-2)10-4-17/h3-10,16H,11-15H2,1-2H3,(H,26,32)(H,27,28,31). The number of nitrogens with zero attached hydrogens (tertiary/aromatic N) is 3. The predicted molar refractivity (Wildman–Crippen MR) is 128 cm³/mol. The largest absolute Gasteiger partial charge is 0.497 e. The van der Waals surface area contributed by atoms with Gasteiger partial charge in [-0.15, -0.1) is 0 Å². The molecule has 0 bridgehead atoms. The zero-order valence-electron chi connectivity index (χ0n) is 19.2. The predicted octanol–water partition coefficient (Wildman–Crippen LogP) is 2.01. The Labute approximate surface area is 197 Å². The molecule has 3 aromatic rings. The Morgan fingerprint density at radius 3 is 2.35 bits per heavy atom. The van der Waals surface area contributed by atoms with Crippen LogP contribution in [0, 0.1) is 0 Å². The van der Waals surface area contributed by atoms with Gasteiger partial charge in [0.1, 0.15) is 17.3 Å². The third kappa shape index (κ3) is 5.68. The van der Waals surface area contributed by atoms with Crippen molar-refractivity contribution in [1.82, 2.24) is 19.8 Å². The highest BCUT2D eigenvalue weighted by atomic mass is 16.5. The Kier molecular flexibility index (Phi) is 7.03. The summed E-state index contributed by atoms with van der Waals surface area (Å²) < 4.78 is 5.15. The number of carbonyl (C=O) groups is 2. The molecule has 2 aromatic carbocycles. The minimum Gasteiger partial charge on any atom is -0.497 e. The molecule has 0 atom stereocenters. The number of methoxy groups -OCH3 is 1. The van der Waals surface area contributed by atoms with Crippen molar-refractivity contribution in [2.24, 2.45) is 0 Å². The maximum atomic E-state index is 12.7. The molecule has 4 rings (SSSR count). The van der Waals surface area contributed by atoms with E-state index in [1.807, 2.05) is 36.2 Å². The SMILES string of the molecule is COc1ccc(Cc2nc(C(=O)Nc3ccc(C(=O)N4CCN(C)CC4)cc3)cc(=O)[nH]2)cc1. The van der Waals surface area contributed by atoms with E-state index in [0.717, 1.165) is 30.5 Å². The van der Waals surface area contributed by atoms with Gasteiger partial charge in [0, 0.05) is 49.9 Å². The molecule has 2 heterocycles. The highest BCUT2D eigenvalue weighted by molar-refractivity contribution is 6.03. The van der Waals surface area contributed by atoms with Crippen LogP contribution in [0.2, 0.25) is 0 Å². The molecule has 1 saturated heterocycles. The second-order valence-corrected chi connectivity index (χ2v) is 8.23. The van der Waals surface area contributed by atoms with E-state index in [0.29, 0.717) is 36.6 Å². The number of aromatic amines is 1. The van der Waals surface area contributed by atoms with Crippen molar-refractivity contribution in [2.45, 2.75) is 6.42 Å². The summed E-state index contributed by atoms with van der Waals surface area (Å²) in [5.74, 6) is 0.594. The van der Waals surface area contributed by atoms with Crippen LogP contribution in [0.3, 0.4) is 0 Å². The average molecular weight is 462 g/mol. The molecule has 1 fully saturated rings. The first kappa shape index (κ1) is 23.2. The molecule has 0 radical (unpaired) electrons. The summed E-state index contributed by atoms with van der Waals surface area (Å²) in [4.78, 5) is 48.5. The molecule has 9 heteroatoms. The van der Waals surface area contributed by atoms with Crippen LogP contribution >= 0.6 is 0 Å². The van der Waals surface area contributed by atoms with Crippen molar-refractivity contribution < 1.29 is 14.3 Å². The molecule has 9 nitrogen and oxygen atoms in total. The molecule has 1 aliphatic rings. The van der Waals surface area contributed by atoms with Crippen molar-refractivity contribution in [2.75, 3.05) is 45.7 Å². The molecular weight excluding hydrogens is 434 g/mol. The number of piperazine rings is 1. The quantitative estimate of drug-likeness (QED) is 0.582. The molecule has 0 aliphatic carbocycles. The van der Waals surface area contributed by atoms with E-state index in [1.165, 1.54) is 0 Å². The monoisotopic (exact) mass is 461 g/mol. The molecule has 0 spiro atoms. The van der Waals surface area contributed by atoms with Crippen LogP contribution in [-0.4, -0.2) is 71.9 Å². The van der Waals surface area contributed by atoms with Crippen LogP contribution in [0.15, 0.2) is 59.4 Å². The minimum absolute atomic E-state index is 0.0184. The summed E-state index contributed by atoms with van der Waals surface area (Å²) in [5, 5.41) is 2.74. The number of benzene rings is 2. The zero-order chi connectivity index (χ0) is 24.1. The number of hydrogen-bond acceptors (Lipinski definition) is 6. The fourth-order valence-corrected chi connectivity index (χ4v) is 3.73. The van der Waals surface area contributed by atoms with Gasteiger partial charge in [-0.25, -0.2) is 4.98 Å². The van der Waals surface area contributed by atoms with E-state index < -0.39 is 11.5 Å². The first-order valence-electron chi connectivity index (χ1n) is 11.0. The van der Waals surface area contributed by atoms with Gasteiger partial charge in [0.25, 0.3) is 17.4 Å². The third-order valence-corrected chi connectivity index (χ3v) is 5.73. The topological polar surface area (TPSA) is 108 Å². The van der Waals surface area contributed by atoms with Gasteiger partial charge in [-0.2, -0.15) is 0 Å². The lowest BCUT2D eigenvalue weighted by molar-refractivity contribution is 0.0664. The van der Waals surface area contributed by atoms with Crippen LogP contribution in [0.25, 0.3) is 0 Å². The molecule has 34 heavy (non-hydrogen) atoms. The maximum Gasteiger partial charge on any atom is 0.274 e. The molecule has 2 amide bonds. The second kappa shape index (κ2) is 10.3. The van der Waals surface area contributed by atoms with Crippen LogP contribution < -0.4 is 15.6 Å². The third-order valence-electron chi connectivity index (χ3n) is 5.73. The molecular formula is C25H27N5O4. The minimum atomic E-state index is -0.500. The van der Waals surface area contributed by atoms with Crippen molar-refractivity contribution >= 4 is 17.5 Å². The number of rotatable bonds is 6. The number of aromatic nitrogens is 2. The summed E-state index contributed by atoms with van der Waals surface area (Å²) in [6.45, 7) is 3.09. The van der Waals surface area contributed by atoms with Gasteiger partial charge < -0.3 is 24.8 Å². The van der Waals surface area contributed by atoms with Crippen LogP contribution in [0.5, 0.6) is 5.75 Å². The first-order valence-corrected chi connectivity index (χ1v) is 11.0. The Bertz CT molecular complexity index is 1210. The fraction of sp³-hybridized carbons (Fsp3) is 0.280. The molecule has 176 valence electrons. The van der Waals surface area contributed by atoms with Gasteiger partial charge in [0.05, 0.1) is 7.11 Å². The van der Waals surface area contributed by atoms with E-state index in [2.05, 4.69) is 20.2 Å². The zero-order valence-corrected chi connectivity index (χ0v) is 19.2. The number of hydrogen-bond donors (Lipinski definition) is 2. The summed E-state index contributed by atoms with van der Waals surface area (Å²) >= 11 is 0. The van der Waals surface area contributed by atoms with Gasteiger partial charge >= 0.3 is 0 Å². The van der Waals surface area contributed by atoms with Gasteiger partial charge in [-0.05, 0) is 49.0 Å². The van der Waals surface area contributed by atoms with Crippen LogP contribution in [0.1, 0.15) is 32.2 Å². The number of nitrogens with one attached hydrogen (secondary N) is 2. The number of anilines is 1. The van der Waals surface area contributed by atoms with Gasteiger partial charge in [0.2, 0.25) is 0 Å². The number of carbonyl (C=O) groups excluding carboxylic acids is 2. The lowest BCUT2D eigenvalue weighted by Gasteiger charge is -2.32. The summed E-state index contributed by atoms with van der Waals surface area (Å²) in [6.07, 6.45) is 0.365. The highest BCUT2D eigenvalue weighted by Gasteiger charge is 2.20. The molecule has 2 N–H and O–H groups in total. The Morgan fingerprint density at radius 2 is 1.71 bits per heavy atom. The summed E-state index contributed by atoms with van der Waals surface area (Å²) in [5.41, 5.74) is 1.61. The lowest BCUT2D eigenvalue weighted by atomic mass is 10.1. The molecule has 1 aliphatic heterocycles.